The topological polar surface area (TPSA) is 63.6 Å². The van der Waals surface area contributed by atoms with Crippen molar-refractivity contribution in [3.8, 4) is 0 Å². The van der Waals surface area contributed by atoms with E-state index < -0.39 is 5.97 Å². The average Bonchev–Trinajstić information content (AvgIpc) is 3.07. The van der Waals surface area contributed by atoms with Crippen LogP contribution in [0, 0.1) is 0 Å². The van der Waals surface area contributed by atoms with Crippen molar-refractivity contribution in [3.63, 3.8) is 0 Å². The van der Waals surface area contributed by atoms with Gasteiger partial charge in [-0.2, -0.15) is 0 Å². The maximum absolute atomic E-state index is 10.9. The molecule has 0 radical (unpaired) electrons. The van der Waals surface area contributed by atoms with Crippen LogP contribution < -0.4 is 0 Å². The summed E-state index contributed by atoms with van der Waals surface area (Å²) in [5.41, 5.74) is 0. The lowest BCUT2D eigenvalue weighted by Gasteiger charge is -2.20. The second-order valence-electron chi connectivity index (χ2n) is 6.45. The third kappa shape index (κ3) is 18.4. The number of carboxylic acids is 1. The van der Waals surface area contributed by atoms with Gasteiger partial charge in [-0.05, 0) is 32.6 Å². The van der Waals surface area contributed by atoms with Crippen LogP contribution in [0.15, 0.2) is 0 Å². The summed E-state index contributed by atoms with van der Waals surface area (Å²) in [6.45, 7) is 8.48. The lowest BCUT2D eigenvalue weighted by atomic mass is 9.99. The Balaban J connectivity index is 0. The molecule has 1 rings (SSSR count). The van der Waals surface area contributed by atoms with E-state index in [1.807, 2.05) is 35.4 Å². The lowest BCUT2D eigenvalue weighted by Crippen LogP contribution is -2.15. The number of carbonyl (C=O) groups excluding carboxylic acids is 1. The Kier molecular flexibility index (Phi) is 20.8. The van der Waals surface area contributed by atoms with Crippen LogP contribution in [0.2, 0.25) is 0 Å². The molecule has 4 nitrogen and oxygen atoms in total. The minimum Gasteiger partial charge on any atom is -0.481 e. The van der Waals surface area contributed by atoms with Gasteiger partial charge in [-0.3, -0.25) is 9.59 Å². The largest absolute Gasteiger partial charge is 0.481 e. The number of aliphatic carboxylic acids is 1. The first kappa shape index (κ1) is 27.9. The number of carboxylic acid groups (broad SMARTS) is 1. The highest BCUT2D eigenvalue weighted by Crippen LogP contribution is 2.49. The molecule has 0 bridgehead atoms. The predicted octanol–water partition coefficient (Wildman–Crippen LogP) is 6.72. The van der Waals surface area contributed by atoms with E-state index in [-0.39, 0.29) is 5.97 Å². The van der Waals surface area contributed by atoms with E-state index in [9.17, 15) is 9.59 Å². The van der Waals surface area contributed by atoms with Crippen molar-refractivity contribution in [3.05, 3.63) is 0 Å². The zero-order chi connectivity index (χ0) is 20.3. The number of unbranched alkanes of at least 4 members (excludes halogenated alkanes) is 5. The Hall–Kier alpha value is -0.360. The molecule has 1 aliphatic heterocycles. The first-order valence-electron chi connectivity index (χ1n) is 10.0. The molecule has 0 aliphatic carbocycles. The van der Waals surface area contributed by atoms with Crippen LogP contribution in [-0.2, 0) is 14.3 Å². The monoisotopic (exact) mass is 408 g/mol. The molecule has 0 saturated carbocycles. The third-order valence-corrected chi connectivity index (χ3v) is 7.39. The summed E-state index contributed by atoms with van der Waals surface area (Å²) in [7, 11) is 5.44. The van der Waals surface area contributed by atoms with Gasteiger partial charge in [0.2, 0.25) is 0 Å². The van der Waals surface area contributed by atoms with Crippen LogP contribution in [0.3, 0.4) is 0 Å². The van der Waals surface area contributed by atoms with Gasteiger partial charge in [-0.25, -0.2) is 0 Å². The highest BCUT2D eigenvalue weighted by Gasteiger charge is 2.29. The number of esters is 1. The van der Waals surface area contributed by atoms with E-state index in [1.165, 1.54) is 45.0 Å². The summed E-state index contributed by atoms with van der Waals surface area (Å²) in [5, 5.41) is 8.27. The average molecular weight is 409 g/mol. The Morgan fingerprint density at radius 2 is 1.65 bits per heavy atom. The van der Waals surface area contributed by atoms with E-state index >= 15 is 0 Å². The summed E-state index contributed by atoms with van der Waals surface area (Å²) in [4.78, 5) is 20.9. The molecule has 1 N–H and O–H groups in total. The second-order valence-corrected chi connectivity index (χ2v) is 9.45. The normalized spacial score (nSPS) is 18.2. The summed E-state index contributed by atoms with van der Waals surface area (Å²) in [6.07, 6.45) is 11.1. The van der Waals surface area contributed by atoms with Gasteiger partial charge in [0, 0.05) is 23.3 Å². The van der Waals surface area contributed by atoms with Gasteiger partial charge in [0.25, 0.3) is 0 Å². The molecule has 1 fully saturated rings. The third-order valence-electron chi connectivity index (χ3n) is 4.03. The summed E-state index contributed by atoms with van der Waals surface area (Å²) in [6, 6.07) is 0. The van der Waals surface area contributed by atoms with Gasteiger partial charge in [0.05, 0.1) is 7.11 Å². The summed E-state index contributed by atoms with van der Waals surface area (Å²) < 4.78 is 5.06. The Bertz CT molecular complexity index is 343. The van der Waals surface area contributed by atoms with Crippen molar-refractivity contribution in [2.45, 2.75) is 103 Å². The minimum absolute atomic E-state index is 0.0800. The smallest absolute Gasteiger partial charge is 0.305 e. The number of rotatable bonds is 11. The molecule has 0 spiro atoms. The van der Waals surface area contributed by atoms with Crippen LogP contribution in [-0.4, -0.2) is 34.7 Å². The molecule has 0 aromatic rings. The number of hydrogen-bond donors (Lipinski definition) is 1. The van der Waals surface area contributed by atoms with Crippen molar-refractivity contribution in [2.75, 3.05) is 12.9 Å². The molecular formula is C20H40O4S2. The maximum atomic E-state index is 10.9. The first-order valence-corrected chi connectivity index (χ1v) is 12.3. The number of carbonyl (C=O) groups is 2. The van der Waals surface area contributed by atoms with Crippen LogP contribution in [0.1, 0.15) is 98.3 Å². The zero-order valence-corrected chi connectivity index (χ0v) is 19.1. The van der Waals surface area contributed by atoms with Gasteiger partial charge in [-0.15, -0.1) is 0 Å². The number of ether oxygens (including phenoxy) is 1. The highest BCUT2D eigenvalue weighted by atomic mass is 33.1. The van der Waals surface area contributed by atoms with E-state index in [4.69, 9.17) is 5.11 Å². The quantitative estimate of drug-likeness (QED) is 0.232. The molecule has 6 heteroatoms. The predicted molar refractivity (Wildman–Crippen MR) is 116 cm³/mol. The molecule has 0 aromatic carbocycles. The van der Waals surface area contributed by atoms with Crippen molar-refractivity contribution in [1.82, 2.24) is 0 Å². The van der Waals surface area contributed by atoms with Crippen molar-refractivity contribution < 1.29 is 19.4 Å². The van der Waals surface area contributed by atoms with Gasteiger partial charge < -0.3 is 9.84 Å². The Morgan fingerprint density at radius 1 is 1.04 bits per heavy atom. The molecule has 1 atom stereocenters. The van der Waals surface area contributed by atoms with Gasteiger partial charge in [0.15, 0.2) is 0 Å². The molecule has 0 aromatic heterocycles. The molecule has 1 saturated heterocycles. The molecule has 26 heavy (non-hydrogen) atoms. The van der Waals surface area contributed by atoms with Crippen molar-refractivity contribution in [1.29, 1.82) is 0 Å². The van der Waals surface area contributed by atoms with E-state index in [0.717, 1.165) is 25.7 Å². The fraction of sp³-hybridized carbons (Fsp3) is 0.900. The number of methoxy groups -OCH3 is 1. The van der Waals surface area contributed by atoms with Crippen LogP contribution in [0.4, 0.5) is 0 Å². The van der Waals surface area contributed by atoms with Gasteiger partial charge in [-0.1, -0.05) is 74.5 Å². The van der Waals surface area contributed by atoms with E-state index in [2.05, 4.69) is 18.6 Å². The van der Waals surface area contributed by atoms with Crippen molar-refractivity contribution >= 4 is 33.5 Å². The Labute approximate surface area is 169 Å². The van der Waals surface area contributed by atoms with E-state index in [0.29, 0.717) is 17.6 Å². The summed E-state index contributed by atoms with van der Waals surface area (Å²) in [5.74, 6) is 0.526. The molecular weight excluding hydrogens is 368 g/mol. The van der Waals surface area contributed by atoms with Crippen LogP contribution in [0.5, 0.6) is 0 Å². The molecule has 1 aliphatic rings. The van der Waals surface area contributed by atoms with Crippen molar-refractivity contribution in [2.24, 2.45) is 0 Å². The minimum atomic E-state index is -0.670. The maximum Gasteiger partial charge on any atom is 0.305 e. The van der Waals surface area contributed by atoms with Crippen LogP contribution >= 0.6 is 21.6 Å². The zero-order valence-electron chi connectivity index (χ0n) is 17.5. The highest BCUT2D eigenvalue weighted by molar-refractivity contribution is 8.77. The molecule has 0 unspecified atom stereocenters. The summed E-state index contributed by atoms with van der Waals surface area (Å²) >= 11 is 0. The Morgan fingerprint density at radius 3 is 2.15 bits per heavy atom. The SMILES string of the molecule is CC.CCCCCCCC(=O)O.COC(=O)CCCC[C@]1(C)CCSS1. The second kappa shape index (κ2) is 19.4. The lowest BCUT2D eigenvalue weighted by molar-refractivity contribution is -0.141. The fourth-order valence-corrected chi connectivity index (χ4v) is 5.70. The van der Waals surface area contributed by atoms with Gasteiger partial charge >= 0.3 is 11.9 Å². The molecule has 156 valence electrons. The van der Waals surface area contributed by atoms with E-state index in [1.54, 1.807) is 0 Å². The molecule has 1 heterocycles. The number of hydrogen-bond acceptors (Lipinski definition) is 5. The standard InChI is InChI=1S/C10H18O2S2.C8H16O2.C2H6/c1-10(7-8-13-14-10)6-4-3-5-9(11)12-2;1-2-3-4-5-6-7-8(9)10;1-2/h3-8H2,1-2H3;2-7H2,1H3,(H,9,10);1-2H3/t10-;;/m1../s1. The van der Waals surface area contributed by atoms with Crippen LogP contribution in [0.25, 0.3) is 0 Å². The van der Waals surface area contributed by atoms with Gasteiger partial charge in [0.1, 0.15) is 0 Å². The first-order chi connectivity index (χ1) is 12.4. The molecule has 0 amide bonds. The fourth-order valence-electron chi connectivity index (χ4n) is 2.40.